The van der Waals surface area contributed by atoms with Gasteiger partial charge in [0.15, 0.2) is 4.32 Å². The van der Waals surface area contributed by atoms with Gasteiger partial charge in [0.1, 0.15) is 6.54 Å². The number of para-hydroxylation sites is 2. The van der Waals surface area contributed by atoms with Crippen LogP contribution in [-0.2, 0) is 14.4 Å². The third-order valence-corrected chi connectivity index (χ3v) is 6.00. The number of nitrogens with zero attached hydrogens (tertiary/aromatic N) is 2. The molecule has 4 rings (SSSR count). The molecule has 6 nitrogen and oxygen atoms in total. The minimum absolute atomic E-state index is 0.156. The van der Waals surface area contributed by atoms with Gasteiger partial charge in [-0.3, -0.25) is 24.2 Å². The average Bonchev–Trinajstić information content (AvgIpc) is 3.09. The molecule has 1 N–H and O–H groups in total. The number of fused-ring (bicyclic) bond motifs is 1. The monoisotopic (exact) mass is 430 g/mol. The number of aliphatic carboxylic acids is 1. The van der Waals surface area contributed by atoms with E-state index in [2.05, 4.69) is 0 Å². The molecule has 2 aromatic rings. The van der Waals surface area contributed by atoms with E-state index < -0.39 is 24.3 Å². The Kier molecular flexibility index (Phi) is 4.70. The summed E-state index contributed by atoms with van der Waals surface area (Å²) in [5, 5.41) is 9.52. The summed E-state index contributed by atoms with van der Waals surface area (Å²) < 4.78 is 0.252. The zero-order chi connectivity index (χ0) is 20.0. The molecule has 2 aliphatic heterocycles. The van der Waals surface area contributed by atoms with Crippen molar-refractivity contribution in [3.8, 4) is 0 Å². The van der Waals surface area contributed by atoms with Gasteiger partial charge in [-0.15, -0.1) is 0 Å². The third-order valence-electron chi connectivity index (χ3n) is 4.31. The molecule has 0 saturated carbocycles. The summed E-state index contributed by atoms with van der Waals surface area (Å²) in [5.41, 5.74) is 1.55. The molecular formula is C19H11ClN2O4S2. The number of thioether (sulfide) groups is 1. The number of hydrogen-bond acceptors (Lipinski definition) is 5. The topological polar surface area (TPSA) is 77.9 Å². The molecule has 1 saturated heterocycles. The van der Waals surface area contributed by atoms with Gasteiger partial charge >= 0.3 is 5.97 Å². The lowest BCUT2D eigenvalue weighted by molar-refractivity contribution is -0.136. The Bertz CT molecular complexity index is 1100. The van der Waals surface area contributed by atoms with Crippen LogP contribution in [0, 0.1) is 0 Å². The van der Waals surface area contributed by atoms with Crippen molar-refractivity contribution in [3.63, 3.8) is 0 Å². The van der Waals surface area contributed by atoms with E-state index in [9.17, 15) is 14.4 Å². The Hall–Kier alpha value is -2.68. The second-order valence-electron chi connectivity index (χ2n) is 5.97. The molecule has 2 aromatic carbocycles. The Morgan fingerprint density at radius 2 is 1.68 bits per heavy atom. The van der Waals surface area contributed by atoms with E-state index >= 15 is 0 Å². The van der Waals surface area contributed by atoms with Crippen molar-refractivity contribution in [3.05, 3.63) is 64.0 Å². The third kappa shape index (κ3) is 2.90. The summed E-state index contributed by atoms with van der Waals surface area (Å²) >= 11 is 12.6. The highest BCUT2D eigenvalue weighted by atomic mass is 35.5. The molecule has 2 aliphatic rings. The molecular weight excluding hydrogens is 420 g/mol. The molecule has 0 unspecified atom stereocenters. The fourth-order valence-electron chi connectivity index (χ4n) is 3.15. The molecule has 0 aromatic heterocycles. The fraction of sp³-hybridized carbons (Fsp3) is 0.0526. The Labute approximate surface area is 174 Å². The number of carboxylic acid groups (broad SMARTS) is 1. The molecule has 0 aliphatic carbocycles. The van der Waals surface area contributed by atoms with Crippen molar-refractivity contribution in [2.24, 2.45) is 0 Å². The number of benzene rings is 2. The Morgan fingerprint density at radius 3 is 2.36 bits per heavy atom. The highest BCUT2D eigenvalue weighted by Crippen LogP contribution is 2.46. The molecule has 0 radical (unpaired) electrons. The molecule has 9 heteroatoms. The highest BCUT2D eigenvalue weighted by Gasteiger charge is 2.43. The number of carbonyl (C=O) groups is 3. The van der Waals surface area contributed by atoms with Crippen LogP contribution in [0.2, 0.25) is 5.02 Å². The summed E-state index contributed by atoms with van der Waals surface area (Å²) in [6, 6.07) is 13.6. The minimum Gasteiger partial charge on any atom is -0.480 e. The van der Waals surface area contributed by atoms with Crippen molar-refractivity contribution in [2.45, 2.75) is 0 Å². The summed E-state index contributed by atoms with van der Waals surface area (Å²) in [6.07, 6.45) is 0. The highest BCUT2D eigenvalue weighted by molar-refractivity contribution is 8.27. The first-order valence-corrected chi connectivity index (χ1v) is 9.68. The number of anilines is 2. The van der Waals surface area contributed by atoms with E-state index in [1.165, 1.54) is 4.90 Å². The van der Waals surface area contributed by atoms with Gasteiger partial charge in [-0.1, -0.05) is 65.9 Å². The SMILES string of the molecule is O=C(O)CN1C(=O)C(=C2SC(=S)N(c3ccccc3Cl)C2=O)c2ccccc21. The first-order valence-electron chi connectivity index (χ1n) is 8.08. The van der Waals surface area contributed by atoms with Gasteiger partial charge < -0.3 is 5.11 Å². The maximum absolute atomic E-state index is 13.2. The minimum atomic E-state index is -1.15. The molecule has 2 heterocycles. The van der Waals surface area contributed by atoms with Gasteiger partial charge in [-0.2, -0.15) is 0 Å². The summed E-state index contributed by atoms with van der Waals surface area (Å²) in [6.45, 7) is -0.496. The summed E-state index contributed by atoms with van der Waals surface area (Å²) in [7, 11) is 0. The summed E-state index contributed by atoms with van der Waals surface area (Å²) in [5.74, 6) is -2.14. The molecule has 0 bridgehead atoms. The van der Waals surface area contributed by atoms with Crippen molar-refractivity contribution in [1.82, 2.24) is 0 Å². The van der Waals surface area contributed by atoms with Gasteiger partial charge in [0, 0.05) is 5.56 Å². The van der Waals surface area contributed by atoms with Crippen molar-refractivity contribution in [2.75, 3.05) is 16.3 Å². The number of halogens is 1. The zero-order valence-corrected chi connectivity index (χ0v) is 16.5. The van der Waals surface area contributed by atoms with Crippen molar-refractivity contribution in [1.29, 1.82) is 0 Å². The average molecular weight is 431 g/mol. The largest absolute Gasteiger partial charge is 0.480 e. The van der Waals surface area contributed by atoms with Crippen molar-refractivity contribution < 1.29 is 19.5 Å². The second kappa shape index (κ2) is 7.05. The standard InChI is InChI=1S/C19H11ClN2O4S2/c20-11-6-2-4-8-13(11)22-18(26)16(28-19(22)27)15-10-5-1-3-7-12(10)21(17(15)25)9-14(23)24/h1-8H,9H2,(H,23,24). The molecule has 1 fully saturated rings. The summed E-state index contributed by atoms with van der Waals surface area (Å²) in [4.78, 5) is 40.0. The maximum Gasteiger partial charge on any atom is 0.323 e. The van der Waals surface area contributed by atoms with E-state index in [1.807, 2.05) is 0 Å². The van der Waals surface area contributed by atoms with Crippen LogP contribution in [0.1, 0.15) is 5.56 Å². The van der Waals surface area contributed by atoms with E-state index in [1.54, 1.807) is 48.5 Å². The normalized spacial score (nSPS) is 18.8. The van der Waals surface area contributed by atoms with E-state index in [4.69, 9.17) is 28.9 Å². The fourth-order valence-corrected chi connectivity index (χ4v) is 4.73. The van der Waals surface area contributed by atoms with Crippen molar-refractivity contribution >= 4 is 74.6 Å². The molecule has 140 valence electrons. The molecule has 2 amide bonds. The number of rotatable bonds is 3. The van der Waals surface area contributed by atoms with E-state index in [-0.39, 0.29) is 14.8 Å². The van der Waals surface area contributed by atoms with Crippen LogP contribution in [0.4, 0.5) is 11.4 Å². The Balaban J connectivity index is 1.85. The quantitative estimate of drug-likeness (QED) is 0.592. The number of amides is 2. The second-order valence-corrected chi connectivity index (χ2v) is 8.02. The molecule has 28 heavy (non-hydrogen) atoms. The molecule has 0 spiro atoms. The zero-order valence-electron chi connectivity index (χ0n) is 14.1. The number of hydrogen-bond donors (Lipinski definition) is 1. The first-order chi connectivity index (χ1) is 13.4. The number of carbonyl (C=O) groups excluding carboxylic acids is 2. The number of carboxylic acids is 1. The maximum atomic E-state index is 13.2. The van der Waals surface area contributed by atoms with Crippen LogP contribution in [0.25, 0.3) is 5.57 Å². The predicted molar refractivity (Wildman–Crippen MR) is 112 cm³/mol. The van der Waals surface area contributed by atoms with Crippen LogP contribution in [-0.4, -0.2) is 33.8 Å². The van der Waals surface area contributed by atoms with Crippen LogP contribution in [0.15, 0.2) is 53.4 Å². The van der Waals surface area contributed by atoms with Crippen LogP contribution < -0.4 is 9.80 Å². The first kappa shape index (κ1) is 18.7. The lowest BCUT2D eigenvalue weighted by Gasteiger charge is -2.16. The van der Waals surface area contributed by atoms with Crippen LogP contribution in [0.5, 0.6) is 0 Å². The van der Waals surface area contributed by atoms with Crippen LogP contribution >= 0.6 is 35.6 Å². The van der Waals surface area contributed by atoms with Gasteiger partial charge in [-0.05, 0) is 18.2 Å². The van der Waals surface area contributed by atoms with E-state index in [0.717, 1.165) is 16.7 Å². The van der Waals surface area contributed by atoms with Gasteiger partial charge in [-0.25, -0.2) is 0 Å². The van der Waals surface area contributed by atoms with Gasteiger partial charge in [0.25, 0.3) is 11.8 Å². The lowest BCUT2D eigenvalue weighted by Crippen LogP contribution is -2.32. The van der Waals surface area contributed by atoms with Gasteiger partial charge in [0.05, 0.1) is 26.9 Å². The van der Waals surface area contributed by atoms with Gasteiger partial charge in [0.2, 0.25) is 0 Å². The lowest BCUT2D eigenvalue weighted by atomic mass is 10.1. The number of thiocarbonyl (C=S) groups is 1. The predicted octanol–water partition coefficient (Wildman–Crippen LogP) is 3.55. The Morgan fingerprint density at radius 1 is 1.04 bits per heavy atom. The smallest absolute Gasteiger partial charge is 0.323 e. The van der Waals surface area contributed by atoms with Crippen LogP contribution in [0.3, 0.4) is 0 Å². The van der Waals surface area contributed by atoms with E-state index in [0.29, 0.717) is 22.0 Å². The molecule has 0 atom stereocenters.